The minimum Gasteiger partial charge on any atom is -0.316 e. The minimum absolute atomic E-state index is 0.563. The maximum Gasteiger partial charge on any atom is 0.180 e. The van der Waals surface area contributed by atoms with Crippen LogP contribution in [0.1, 0.15) is 12.8 Å². The quantitative estimate of drug-likeness (QED) is 0.850. The molecule has 2 rings (SSSR count). The minimum atomic E-state index is -0.882. The van der Waals surface area contributed by atoms with Crippen LogP contribution < -0.4 is 5.32 Å². The highest BCUT2D eigenvalue weighted by Gasteiger charge is 2.17. The first-order valence-corrected chi connectivity index (χ1v) is 7.04. The van der Waals surface area contributed by atoms with Crippen LogP contribution in [0.2, 0.25) is 0 Å². The Hall–Kier alpha value is -0.260. The van der Waals surface area contributed by atoms with E-state index in [9.17, 15) is 4.21 Å². The van der Waals surface area contributed by atoms with Crippen molar-refractivity contribution in [3.63, 3.8) is 0 Å². The summed E-state index contributed by atoms with van der Waals surface area (Å²) < 4.78 is 12.6. The van der Waals surface area contributed by atoms with Crippen molar-refractivity contribution in [1.82, 2.24) is 10.3 Å². The van der Waals surface area contributed by atoms with Gasteiger partial charge in [-0.05, 0) is 31.8 Å². The van der Waals surface area contributed by atoms with Gasteiger partial charge in [0, 0.05) is 17.3 Å². The zero-order chi connectivity index (χ0) is 9.80. The summed E-state index contributed by atoms with van der Waals surface area (Å²) in [6.07, 6.45) is 4.13. The highest BCUT2D eigenvalue weighted by Crippen LogP contribution is 2.16. The molecule has 0 spiro atoms. The van der Waals surface area contributed by atoms with Gasteiger partial charge in [-0.1, -0.05) is 0 Å². The van der Waals surface area contributed by atoms with E-state index in [1.165, 1.54) is 24.2 Å². The van der Waals surface area contributed by atoms with Gasteiger partial charge < -0.3 is 5.32 Å². The predicted octanol–water partition coefficient (Wildman–Crippen LogP) is 1.25. The predicted molar refractivity (Wildman–Crippen MR) is 59.0 cm³/mol. The van der Waals surface area contributed by atoms with E-state index in [1.807, 2.05) is 5.38 Å². The maximum atomic E-state index is 11.8. The molecule has 3 nitrogen and oxygen atoms in total. The van der Waals surface area contributed by atoms with Crippen molar-refractivity contribution in [3.05, 3.63) is 11.6 Å². The average Bonchev–Trinajstić information content (AvgIpc) is 2.72. The smallest absolute Gasteiger partial charge is 0.180 e. The number of aromatic nitrogens is 1. The molecule has 1 fully saturated rings. The molecule has 1 saturated heterocycles. The topological polar surface area (TPSA) is 42.0 Å². The molecule has 5 heteroatoms. The second kappa shape index (κ2) is 5.00. The first-order chi connectivity index (χ1) is 6.86. The zero-order valence-corrected chi connectivity index (χ0v) is 9.57. The van der Waals surface area contributed by atoms with Gasteiger partial charge in [0.1, 0.15) is 0 Å². The Balaban J connectivity index is 1.87. The third-order valence-electron chi connectivity index (χ3n) is 2.39. The first kappa shape index (κ1) is 10.3. The van der Waals surface area contributed by atoms with Crippen molar-refractivity contribution in [3.8, 4) is 0 Å². The highest BCUT2D eigenvalue weighted by atomic mass is 32.2. The van der Waals surface area contributed by atoms with Crippen molar-refractivity contribution in [2.75, 3.05) is 18.8 Å². The fraction of sp³-hybridized carbons (Fsp3) is 0.667. The maximum absolute atomic E-state index is 11.8. The molecule has 0 aromatic carbocycles. The summed E-state index contributed by atoms with van der Waals surface area (Å²) in [7, 11) is -0.882. The molecule has 2 heterocycles. The fourth-order valence-electron chi connectivity index (χ4n) is 1.67. The number of nitrogens with zero attached hydrogens (tertiary/aromatic N) is 1. The Morgan fingerprint density at radius 2 is 2.64 bits per heavy atom. The van der Waals surface area contributed by atoms with E-state index < -0.39 is 10.8 Å². The van der Waals surface area contributed by atoms with Crippen molar-refractivity contribution >= 4 is 22.1 Å². The lowest BCUT2D eigenvalue weighted by molar-refractivity contribution is 0.408. The van der Waals surface area contributed by atoms with Crippen LogP contribution in [0.15, 0.2) is 15.9 Å². The van der Waals surface area contributed by atoms with Crippen LogP contribution in [0.3, 0.4) is 0 Å². The zero-order valence-electron chi connectivity index (χ0n) is 7.94. The molecular formula is C9H14N2OS2. The number of nitrogens with one attached hydrogen (secondary N) is 1. The molecule has 1 N–H and O–H groups in total. The molecule has 0 bridgehead atoms. The third-order valence-corrected chi connectivity index (χ3v) is 5.07. The van der Waals surface area contributed by atoms with Crippen molar-refractivity contribution in [1.29, 1.82) is 0 Å². The molecule has 0 saturated carbocycles. The van der Waals surface area contributed by atoms with Gasteiger partial charge in [-0.25, -0.2) is 4.98 Å². The second-order valence-corrected chi connectivity index (χ2v) is 6.09. The van der Waals surface area contributed by atoms with E-state index >= 15 is 0 Å². The first-order valence-electron chi connectivity index (χ1n) is 4.85. The summed E-state index contributed by atoms with van der Waals surface area (Å²) in [6.45, 7) is 2.12. The number of hydrogen-bond acceptors (Lipinski definition) is 4. The molecular weight excluding hydrogens is 216 g/mol. The SMILES string of the molecule is O=S(CC1CCCNC1)c1nccs1. The summed E-state index contributed by atoms with van der Waals surface area (Å²) in [5, 5.41) is 5.22. The second-order valence-electron chi connectivity index (χ2n) is 3.52. The number of hydrogen-bond donors (Lipinski definition) is 1. The van der Waals surface area contributed by atoms with E-state index in [0.29, 0.717) is 5.92 Å². The lowest BCUT2D eigenvalue weighted by Crippen LogP contribution is -2.32. The Kier molecular flexibility index (Phi) is 3.67. The van der Waals surface area contributed by atoms with Crippen LogP contribution in [-0.2, 0) is 10.8 Å². The third kappa shape index (κ3) is 2.62. The summed E-state index contributed by atoms with van der Waals surface area (Å²) in [5.41, 5.74) is 0. The molecule has 2 unspecified atom stereocenters. The van der Waals surface area contributed by atoms with Gasteiger partial charge in [0.2, 0.25) is 0 Å². The Morgan fingerprint density at radius 1 is 1.71 bits per heavy atom. The van der Waals surface area contributed by atoms with Gasteiger partial charge in [0.25, 0.3) is 0 Å². The molecule has 0 aliphatic carbocycles. The molecule has 0 amide bonds. The molecule has 1 aliphatic heterocycles. The largest absolute Gasteiger partial charge is 0.316 e. The fourth-order valence-corrected chi connectivity index (χ4v) is 3.87. The molecule has 14 heavy (non-hydrogen) atoms. The van der Waals surface area contributed by atoms with Crippen molar-refractivity contribution in [2.24, 2.45) is 5.92 Å². The molecule has 78 valence electrons. The summed E-state index contributed by atoms with van der Waals surface area (Å²) in [6, 6.07) is 0. The Labute approximate surface area is 90.4 Å². The summed E-state index contributed by atoms with van der Waals surface area (Å²) in [5.74, 6) is 1.33. The molecule has 1 aliphatic rings. The van der Waals surface area contributed by atoms with Gasteiger partial charge in [-0.2, -0.15) is 0 Å². The van der Waals surface area contributed by atoms with E-state index in [1.54, 1.807) is 6.20 Å². The Morgan fingerprint density at radius 3 is 3.29 bits per heavy atom. The highest BCUT2D eigenvalue weighted by molar-refractivity contribution is 7.87. The lowest BCUT2D eigenvalue weighted by Gasteiger charge is -2.21. The van der Waals surface area contributed by atoms with E-state index in [4.69, 9.17) is 0 Å². The molecule has 1 aromatic heterocycles. The van der Waals surface area contributed by atoms with Gasteiger partial charge >= 0.3 is 0 Å². The van der Waals surface area contributed by atoms with Crippen LogP contribution in [0.4, 0.5) is 0 Å². The monoisotopic (exact) mass is 230 g/mol. The lowest BCUT2D eigenvalue weighted by atomic mass is 10.0. The number of thiazole rings is 1. The van der Waals surface area contributed by atoms with Crippen molar-refractivity contribution in [2.45, 2.75) is 17.2 Å². The normalized spacial score (nSPS) is 24.7. The van der Waals surface area contributed by atoms with Gasteiger partial charge in [0.05, 0.1) is 10.8 Å². The van der Waals surface area contributed by atoms with Crippen LogP contribution in [0, 0.1) is 5.92 Å². The van der Waals surface area contributed by atoms with Crippen molar-refractivity contribution < 1.29 is 4.21 Å². The van der Waals surface area contributed by atoms with Gasteiger partial charge in [0.15, 0.2) is 4.34 Å². The van der Waals surface area contributed by atoms with E-state index in [2.05, 4.69) is 10.3 Å². The number of rotatable bonds is 3. The van der Waals surface area contributed by atoms with Crippen LogP contribution in [0.25, 0.3) is 0 Å². The average molecular weight is 230 g/mol. The van der Waals surface area contributed by atoms with Crippen LogP contribution >= 0.6 is 11.3 Å². The standard InChI is InChI=1S/C9H14N2OS2/c12-14(9-11-4-5-13-9)7-8-2-1-3-10-6-8/h4-5,8,10H,1-3,6-7H2. The van der Waals surface area contributed by atoms with E-state index in [-0.39, 0.29) is 0 Å². The number of piperidine rings is 1. The summed E-state index contributed by atoms with van der Waals surface area (Å²) in [4.78, 5) is 4.08. The van der Waals surface area contributed by atoms with Crippen LogP contribution in [-0.4, -0.2) is 28.0 Å². The molecule has 0 radical (unpaired) electrons. The van der Waals surface area contributed by atoms with Crippen LogP contribution in [0.5, 0.6) is 0 Å². The molecule has 2 atom stereocenters. The van der Waals surface area contributed by atoms with Gasteiger partial charge in [-0.3, -0.25) is 4.21 Å². The summed E-state index contributed by atoms with van der Waals surface area (Å²) >= 11 is 1.49. The Bertz CT molecular complexity index is 294. The van der Waals surface area contributed by atoms with Gasteiger partial charge in [-0.15, -0.1) is 11.3 Å². The molecule has 1 aromatic rings. The van der Waals surface area contributed by atoms with E-state index in [0.717, 1.165) is 23.2 Å².